The Kier molecular flexibility index (Phi) is 6.07. The third-order valence-corrected chi connectivity index (χ3v) is 8.18. The van der Waals surface area contributed by atoms with Gasteiger partial charge in [0.25, 0.3) is 5.56 Å². The van der Waals surface area contributed by atoms with Crippen LogP contribution in [0.3, 0.4) is 0 Å². The molecule has 1 aliphatic heterocycles. The molecule has 3 heterocycles. The highest BCUT2D eigenvalue weighted by molar-refractivity contribution is 7.99. The van der Waals surface area contributed by atoms with E-state index in [2.05, 4.69) is 20.8 Å². The van der Waals surface area contributed by atoms with Crippen LogP contribution in [0.2, 0.25) is 5.02 Å². The Morgan fingerprint density at radius 3 is 2.86 bits per heavy atom. The van der Waals surface area contributed by atoms with E-state index in [4.69, 9.17) is 21.3 Å². The smallest absolute Gasteiger partial charge is 0.263 e. The summed E-state index contributed by atoms with van der Waals surface area (Å²) in [6.07, 6.45) is 2.69. The van der Waals surface area contributed by atoms with Crippen molar-refractivity contribution in [3.8, 4) is 0 Å². The molecule has 4 rings (SSSR count). The van der Waals surface area contributed by atoms with Crippen LogP contribution in [0.5, 0.6) is 0 Å². The minimum absolute atomic E-state index is 0.0337. The molecule has 0 spiro atoms. The Balaban J connectivity index is 1.88. The van der Waals surface area contributed by atoms with Crippen LogP contribution in [-0.4, -0.2) is 20.9 Å². The molecule has 0 bridgehead atoms. The molecule has 0 saturated carbocycles. The second-order valence-corrected chi connectivity index (χ2v) is 10.2. The largest absolute Gasteiger partial charge is 0.369 e. The number of rotatable bonds is 6. The maximum atomic E-state index is 13.7. The minimum Gasteiger partial charge on any atom is -0.369 e. The highest BCUT2D eigenvalue weighted by Gasteiger charge is 2.33. The molecule has 154 valence electrons. The fourth-order valence-electron chi connectivity index (χ4n) is 3.60. The lowest BCUT2D eigenvalue weighted by Gasteiger charge is -2.32. The van der Waals surface area contributed by atoms with Gasteiger partial charge in [-0.2, -0.15) is 0 Å². The maximum Gasteiger partial charge on any atom is 0.263 e. The van der Waals surface area contributed by atoms with E-state index < -0.39 is 0 Å². The quantitative estimate of drug-likeness (QED) is 0.347. The van der Waals surface area contributed by atoms with Gasteiger partial charge >= 0.3 is 0 Å². The number of ether oxygens (including phenoxy) is 1. The molecule has 0 saturated heterocycles. The lowest BCUT2D eigenvalue weighted by molar-refractivity contribution is -0.0543. The first-order chi connectivity index (χ1) is 14.0. The molecule has 0 amide bonds. The molecule has 3 aromatic rings. The highest BCUT2D eigenvalue weighted by Crippen LogP contribution is 2.39. The van der Waals surface area contributed by atoms with Crippen LogP contribution in [0, 0.1) is 0 Å². The standard InChI is InChI=1S/C22H25ClN2O2S2/c1-4-10-28-21-24-19-18(15-11-22(3,5-2)27-13-17(15)29-19)20(26)25(21)12-14-8-6-7-9-16(14)23/h6-9H,4-5,10-13H2,1-3H3/t22-/m1/s1. The van der Waals surface area contributed by atoms with Crippen molar-refractivity contribution in [2.45, 2.75) is 63.9 Å². The van der Waals surface area contributed by atoms with E-state index in [1.807, 2.05) is 24.3 Å². The predicted octanol–water partition coefficient (Wildman–Crippen LogP) is 5.90. The Morgan fingerprint density at radius 1 is 1.34 bits per heavy atom. The lowest BCUT2D eigenvalue weighted by atomic mass is 9.90. The van der Waals surface area contributed by atoms with Gasteiger partial charge in [0.2, 0.25) is 0 Å². The molecule has 1 aliphatic rings. The first-order valence-electron chi connectivity index (χ1n) is 10.0. The number of hydrogen-bond donors (Lipinski definition) is 0. The molecule has 0 radical (unpaired) electrons. The number of thiophene rings is 1. The fraction of sp³-hybridized carbons (Fsp3) is 0.455. The van der Waals surface area contributed by atoms with Crippen molar-refractivity contribution in [3.05, 3.63) is 55.6 Å². The molecular weight excluding hydrogens is 424 g/mol. The van der Waals surface area contributed by atoms with Crippen LogP contribution in [-0.2, 0) is 24.3 Å². The first-order valence-corrected chi connectivity index (χ1v) is 12.2. The monoisotopic (exact) mass is 448 g/mol. The van der Waals surface area contributed by atoms with Gasteiger partial charge in [-0.05, 0) is 37.0 Å². The summed E-state index contributed by atoms with van der Waals surface area (Å²) in [5, 5.41) is 2.20. The summed E-state index contributed by atoms with van der Waals surface area (Å²) in [5.74, 6) is 0.919. The van der Waals surface area contributed by atoms with E-state index in [9.17, 15) is 4.79 Å². The zero-order valence-electron chi connectivity index (χ0n) is 17.0. The molecule has 0 N–H and O–H groups in total. The van der Waals surface area contributed by atoms with Gasteiger partial charge in [-0.25, -0.2) is 4.98 Å². The lowest BCUT2D eigenvalue weighted by Crippen LogP contribution is -2.34. The molecular formula is C22H25ClN2O2S2. The molecule has 1 aromatic carbocycles. The summed E-state index contributed by atoms with van der Waals surface area (Å²) >= 11 is 9.63. The van der Waals surface area contributed by atoms with E-state index >= 15 is 0 Å². The van der Waals surface area contributed by atoms with E-state index in [0.717, 1.165) is 56.4 Å². The molecule has 0 aliphatic carbocycles. The molecule has 0 fully saturated rings. The number of aromatic nitrogens is 2. The van der Waals surface area contributed by atoms with Crippen LogP contribution >= 0.6 is 34.7 Å². The fourth-order valence-corrected chi connectivity index (χ4v) is 5.79. The third-order valence-electron chi connectivity index (χ3n) is 5.53. The third kappa shape index (κ3) is 4.00. The number of thioether (sulfide) groups is 1. The van der Waals surface area contributed by atoms with Gasteiger partial charge in [0, 0.05) is 22.1 Å². The van der Waals surface area contributed by atoms with Crippen molar-refractivity contribution in [1.29, 1.82) is 0 Å². The summed E-state index contributed by atoms with van der Waals surface area (Å²) < 4.78 is 7.90. The average molecular weight is 449 g/mol. The normalized spacial score (nSPS) is 18.9. The van der Waals surface area contributed by atoms with Crippen molar-refractivity contribution in [2.75, 3.05) is 5.75 Å². The second kappa shape index (κ2) is 8.42. The van der Waals surface area contributed by atoms with Gasteiger partial charge in [0.05, 0.1) is 24.1 Å². The van der Waals surface area contributed by atoms with Crippen LogP contribution in [0.25, 0.3) is 10.2 Å². The van der Waals surface area contributed by atoms with E-state index in [1.54, 1.807) is 27.7 Å². The summed E-state index contributed by atoms with van der Waals surface area (Å²) in [6, 6.07) is 7.69. The Bertz CT molecular complexity index is 1110. The predicted molar refractivity (Wildman–Crippen MR) is 123 cm³/mol. The highest BCUT2D eigenvalue weighted by atomic mass is 35.5. The molecule has 29 heavy (non-hydrogen) atoms. The summed E-state index contributed by atoms with van der Waals surface area (Å²) in [5.41, 5.74) is 1.86. The molecule has 4 nitrogen and oxygen atoms in total. The molecule has 2 aromatic heterocycles. The van der Waals surface area contributed by atoms with Gasteiger partial charge in [0.15, 0.2) is 5.16 Å². The van der Waals surface area contributed by atoms with E-state index in [-0.39, 0.29) is 11.2 Å². The minimum atomic E-state index is -0.226. The van der Waals surface area contributed by atoms with Crippen LogP contribution in [0.4, 0.5) is 0 Å². The maximum absolute atomic E-state index is 13.7. The zero-order valence-corrected chi connectivity index (χ0v) is 19.3. The second-order valence-electron chi connectivity index (χ2n) is 7.68. The molecule has 7 heteroatoms. The van der Waals surface area contributed by atoms with Gasteiger partial charge < -0.3 is 4.74 Å². The van der Waals surface area contributed by atoms with Gasteiger partial charge in [-0.15, -0.1) is 11.3 Å². The van der Waals surface area contributed by atoms with Crippen molar-refractivity contribution in [3.63, 3.8) is 0 Å². The topological polar surface area (TPSA) is 44.1 Å². The molecule has 0 unspecified atom stereocenters. The average Bonchev–Trinajstić information content (AvgIpc) is 3.07. The summed E-state index contributed by atoms with van der Waals surface area (Å²) in [6.45, 7) is 7.38. The van der Waals surface area contributed by atoms with Crippen LogP contribution in [0.1, 0.15) is 49.6 Å². The number of benzene rings is 1. The SMILES string of the molecule is CCCSc1nc2sc3c(c2c(=O)n1Cc1ccccc1Cl)C[C@@](C)(CC)OC3. The van der Waals surface area contributed by atoms with Gasteiger partial charge in [-0.3, -0.25) is 9.36 Å². The van der Waals surface area contributed by atoms with Crippen LogP contribution in [0.15, 0.2) is 34.2 Å². The first kappa shape index (κ1) is 20.9. The molecule has 1 atom stereocenters. The number of hydrogen-bond acceptors (Lipinski definition) is 5. The summed E-state index contributed by atoms with van der Waals surface area (Å²) in [7, 11) is 0. The number of halogens is 1. The van der Waals surface area contributed by atoms with Gasteiger partial charge in [0.1, 0.15) is 4.83 Å². The van der Waals surface area contributed by atoms with E-state index in [0.29, 0.717) is 18.2 Å². The Morgan fingerprint density at radius 2 is 2.14 bits per heavy atom. The number of nitrogens with zero attached hydrogens (tertiary/aromatic N) is 2. The van der Waals surface area contributed by atoms with E-state index in [1.165, 1.54) is 0 Å². The Hall–Kier alpha value is -1.34. The van der Waals surface area contributed by atoms with Gasteiger partial charge in [-0.1, -0.05) is 55.4 Å². The van der Waals surface area contributed by atoms with Crippen molar-refractivity contribution in [2.24, 2.45) is 0 Å². The zero-order chi connectivity index (χ0) is 20.6. The number of fused-ring (bicyclic) bond motifs is 3. The van der Waals surface area contributed by atoms with Crippen molar-refractivity contribution >= 4 is 44.9 Å². The summed E-state index contributed by atoms with van der Waals surface area (Å²) in [4.78, 5) is 20.6. The Labute approximate surface area is 184 Å². The van der Waals surface area contributed by atoms with Crippen LogP contribution < -0.4 is 5.56 Å². The van der Waals surface area contributed by atoms with Crippen molar-refractivity contribution < 1.29 is 4.74 Å². The van der Waals surface area contributed by atoms with Crippen molar-refractivity contribution in [1.82, 2.24) is 9.55 Å².